The Labute approximate surface area is 203 Å². The molecule has 0 spiro atoms. The molecule has 0 aliphatic heterocycles. The van der Waals surface area contributed by atoms with Gasteiger partial charge in [0.05, 0.1) is 12.4 Å². The molecule has 11 N–H and O–H groups in total. The van der Waals surface area contributed by atoms with Crippen LogP contribution < -0.4 is 33.2 Å². The van der Waals surface area contributed by atoms with Crippen LogP contribution in [0.4, 0.5) is 0 Å². The van der Waals surface area contributed by atoms with E-state index in [0.717, 1.165) is 0 Å². The molecule has 35 heavy (non-hydrogen) atoms. The van der Waals surface area contributed by atoms with Gasteiger partial charge in [-0.3, -0.25) is 19.4 Å². The van der Waals surface area contributed by atoms with Crippen LogP contribution >= 0.6 is 0 Å². The molecule has 0 unspecified atom stereocenters. The first-order valence-electron chi connectivity index (χ1n) is 11.3. The molecule has 0 saturated carbocycles. The molecular weight excluding hydrogens is 458 g/mol. The number of hydrogen-bond donors (Lipinski definition) is 8. The predicted molar refractivity (Wildman–Crippen MR) is 129 cm³/mol. The number of aliphatic carboxylic acids is 1. The van der Waals surface area contributed by atoms with Gasteiger partial charge in [-0.05, 0) is 32.1 Å². The van der Waals surface area contributed by atoms with E-state index < -0.39 is 47.9 Å². The predicted octanol–water partition coefficient (Wildman–Crippen LogP) is -2.06. The summed E-state index contributed by atoms with van der Waals surface area (Å²) in [5.74, 6) is -2.98. The molecule has 0 saturated heterocycles. The number of aromatic amines is 1. The van der Waals surface area contributed by atoms with Crippen LogP contribution in [0.2, 0.25) is 0 Å². The van der Waals surface area contributed by atoms with Gasteiger partial charge in [0.25, 0.3) is 0 Å². The summed E-state index contributed by atoms with van der Waals surface area (Å²) in [6, 6.07) is -4.10. The van der Waals surface area contributed by atoms with Crippen LogP contribution in [-0.4, -0.2) is 75.4 Å². The first kappa shape index (κ1) is 29.4. The zero-order valence-electron chi connectivity index (χ0n) is 20.3. The van der Waals surface area contributed by atoms with E-state index >= 15 is 0 Å². The Bertz CT molecular complexity index is 869. The molecule has 3 amide bonds. The summed E-state index contributed by atoms with van der Waals surface area (Å²) < 4.78 is 0. The second-order valence-corrected chi connectivity index (χ2v) is 8.66. The maximum absolute atomic E-state index is 12.9. The zero-order chi connectivity index (χ0) is 26.5. The first-order chi connectivity index (χ1) is 16.4. The highest BCUT2D eigenvalue weighted by Gasteiger charge is 2.29. The Balaban J connectivity index is 2.85. The second kappa shape index (κ2) is 14.6. The summed E-state index contributed by atoms with van der Waals surface area (Å²) >= 11 is 0. The van der Waals surface area contributed by atoms with Gasteiger partial charge in [-0.2, -0.15) is 0 Å². The number of nitrogens with zero attached hydrogens (tertiary/aromatic N) is 2. The normalized spacial score (nSPS) is 14.3. The topological polar surface area (TPSA) is 244 Å². The number of aliphatic imine (C=N–C) groups is 1. The third-order valence-electron chi connectivity index (χ3n) is 4.99. The number of carboxylic acids is 1. The molecule has 1 aromatic rings. The number of nitrogens with two attached hydrogens (primary N) is 3. The quantitative estimate of drug-likeness (QED) is 0.0756. The molecule has 0 radical (unpaired) electrons. The molecule has 0 bridgehead atoms. The number of hydrogen-bond acceptors (Lipinski definition) is 7. The van der Waals surface area contributed by atoms with Crippen LogP contribution in [0, 0.1) is 5.92 Å². The highest BCUT2D eigenvalue weighted by atomic mass is 16.4. The molecule has 4 atom stereocenters. The average Bonchev–Trinajstić information content (AvgIpc) is 3.27. The minimum atomic E-state index is -1.24. The number of aromatic nitrogens is 2. The Morgan fingerprint density at radius 3 is 2.26 bits per heavy atom. The molecule has 0 aliphatic rings. The molecule has 0 aliphatic carbocycles. The van der Waals surface area contributed by atoms with Gasteiger partial charge in [0, 0.05) is 24.9 Å². The van der Waals surface area contributed by atoms with Crippen molar-refractivity contribution in [2.24, 2.45) is 28.1 Å². The monoisotopic (exact) mass is 495 g/mol. The molecule has 0 aromatic carbocycles. The number of guanidine groups is 1. The molecule has 0 fully saturated rings. The fourth-order valence-corrected chi connectivity index (χ4v) is 3.16. The number of carboxylic acid groups (broad SMARTS) is 1. The summed E-state index contributed by atoms with van der Waals surface area (Å²) in [6.45, 7) is 5.51. The van der Waals surface area contributed by atoms with Crippen molar-refractivity contribution in [3.05, 3.63) is 18.2 Å². The van der Waals surface area contributed by atoms with Crippen molar-refractivity contribution in [1.82, 2.24) is 25.9 Å². The Kier molecular flexibility index (Phi) is 12.2. The van der Waals surface area contributed by atoms with E-state index in [1.54, 1.807) is 0 Å². The molecule has 1 heterocycles. The maximum Gasteiger partial charge on any atom is 0.326 e. The standard InChI is InChI=1S/C21H37N9O5/c1-11(2)7-14(22)18(32)28-12(3)17(31)30-16(8-13-9-25-10-27-13)19(33)29-15(20(34)35)5-4-6-26-21(23)24/h9-12,14-16H,4-8,22H2,1-3H3,(H,25,27)(H,28,32)(H,29,33)(H,30,31)(H,34,35)(H4,23,24,26)/t12-,14-,15-,16-/m0/s1. The van der Waals surface area contributed by atoms with Gasteiger partial charge in [0.2, 0.25) is 17.7 Å². The number of carbonyl (C=O) groups excluding carboxylic acids is 3. The fourth-order valence-electron chi connectivity index (χ4n) is 3.16. The van der Waals surface area contributed by atoms with E-state index in [9.17, 15) is 24.3 Å². The smallest absolute Gasteiger partial charge is 0.326 e. The van der Waals surface area contributed by atoms with Gasteiger partial charge in [-0.15, -0.1) is 0 Å². The Morgan fingerprint density at radius 2 is 1.71 bits per heavy atom. The highest BCUT2D eigenvalue weighted by Crippen LogP contribution is 2.05. The second-order valence-electron chi connectivity index (χ2n) is 8.66. The van der Waals surface area contributed by atoms with Crippen molar-refractivity contribution in [3.63, 3.8) is 0 Å². The van der Waals surface area contributed by atoms with Crippen LogP contribution in [0.3, 0.4) is 0 Å². The van der Waals surface area contributed by atoms with Crippen LogP contribution in [0.5, 0.6) is 0 Å². The largest absolute Gasteiger partial charge is 0.480 e. The number of carbonyl (C=O) groups is 4. The maximum atomic E-state index is 12.9. The summed E-state index contributed by atoms with van der Waals surface area (Å²) in [7, 11) is 0. The van der Waals surface area contributed by atoms with E-state index in [1.807, 2.05) is 13.8 Å². The van der Waals surface area contributed by atoms with Crippen molar-refractivity contribution in [1.29, 1.82) is 0 Å². The number of imidazole rings is 1. The molecule has 14 heteroatoms. The van der Waals surface area contributed by atoms with Gasteiger partial charge in [-0.1, -0.05) is 13.8 Å². The van der Waals surface area contributed by atoms with E-state index in [4.69, 9.17) is 17.2 Å². The van der Waals surface area contributed by atoms with Gasteiger partial charge >= 0.3 is 5.97 Å². The fraction of sp³-hybridized carbons (Fsp3) is 0.619. The zero-order valence-corrected chi connectivity index (χ0v) is 20.3. The highest BCUT2D eigenvalue weighted by molar-refractivity contribution is 5.94. The van der Waals surface area contributed by atoms with Crippen LogP contribution in [-0.2, 0) is 25.6 Å². The third-order valence-corrected chi connectivity index (χ3v) is 4.99. The lowest BCUT2D eigenvalue weighted by Gasteiger charge is -2.23. The molecule has 196 valence electrons. The van der Waals surface area contributed by atoms with Crippen molar-refractivity contribution < 1.29 is 24.3 Å². The molecule has 1 aromatic heterocycles. The minimum absolute atomic E-state index is 0.0193. The number of nitrogens with one attached hydrogen (secondary N) is 4. The van der Waals surface area contributed by atoms with Crippen molar-refractivity contribution in [3.8, 4) is 0 Å². The van der Waals surface area contributed by atoms with E-state index in [0.29, 0.717) is 18.5 Å². The van der Waals surface area contributed by atoms with Gasteiger partial charge in [-0.25, -0.2) is 9.78 Å². The number of amides is 3. The van der Waals surface area contributed by atoms with E-state index in [-0.39, 0.29) is 31.3 Å². The van der Waals surface area contributed by atoms with E-state index in [1.165, 1.54) is 19.4 Å². The average molecular weight is 496 g/mol. The Hall–Kier alpha value is -3.68. The van der Waals surface area contributed by atoms with E-state index in [2.05, 4.69) is 30.9 Å². The summed E-state index contributed by atoms with van der Waals surface area (Å²) in [5.41, 5.74) is 16.9. The number of rotatable bonds is 15. The lowest BCUT2D eigenvalue weighted by atomic mass is 10.0. The summed E-state index contributed by atoms with van der Waals surface area (Å²) in [4.78, 5) is 60.1. The minimum Gasteiger partial charge on any atom is -0.480 e. The first-order valence-corrected chi connectivity index (χ1v) is 11.3. The molecule has 14 nitrogen and oxygen atoms in total. The van der Waals surface area contributed by atoms with Crippen LogP contribution in [0.1, 0.15) is 45.7 Å². The lowest BCUT2D eigenvalue weighted by Crippen LogP contribution is -2.57. The summed E-state index contributed by atoms with van der Waals surface area (Å²) in [6.07, 6.45) is 3.74. The van der Waals surface area contributed by atoms with Crippen LogP contribution in [0.15, 0.2) is 17.5 Å². The molecular formula is C21H37N9O5. The van der Waals surface area contributed by atoms with Gasteiger partial charge < -0.3 is 43.2 Å². The summed E-state index contributed by atoms with van der Waals surface area (Å²) in [5, 5.41) is 17.0. The number of H-pyrrole nitrogens is 1. The Morgan fingerprint density at radius 1 is 1.06 bits per heavy atom. The van der Waals surface area contributed by atoms with Gasteiger partial charge in [0.15, 0.2) is 5.96 Å². The van der Waals surface area contributed by atoms with Gasteiger partial charge in [0.1, 0.15) is 18.1 Å². The third kappa shape index (κ3) is 11.3. The van der Waals surface area contributed by atoms with Crippen molar-refractivity contribution in [2.45, 2.75) is 70.6 Å². The SMILES string of the molecule is CC(C)C[C@H](N)C(=O)N[C@@H](C)C(=O)N[C@@H](Cc1cnc[nH]1)C(=O)N[C@@H](CCCN=C(N)N)C(=O)O. The van der Waals surface area contributed by atoms with Crippen molar-refractivity contribution >= 4 is 29.7 Å². The lowest BCUT2D eigenvalue weighted by molar-refractivity contribution is -0.142. The van der Waals surface area contributed by atoms with Crippen LogP contribution in [0.25, 0.3) is 0 Å². The van der Waals surface area contributed by atoms with Crippen molar-refractivity contribution in [2.75, 3.05) is 6.54 Å². The molecule has 1 rings (SSSR count).